The van der Waals surface area contributed by atoms with Gasteiger partial charge in [0.2, 0.25) is 5.58 Å². The van der Waals surface area contributed by atoms with Crippen molar-refractivity contribution in [3.63, 3.8) is 0 Å². The van der Waals surface area contributed by atoms with E-state index in [1.165, 1.54) is 0 Å². The average molecular weight is 419 g/mol. The third-order valence-electron chi connectivity index (χ3n) is 4.69. The SMILES string of the molecule is CNC(=O)c1cc(COc2nnc(Nc3ccc(C)c(OC)c3)c3ccoc23)ccn1. The lowest BCUT2D eigenvalue weighted by molar-refractivity contribution is 0.0958. The van der Waals surface area contributed by atoms with Crippen LogP contribution in [0.3, 0.4) is 0 Å². The van der Waals surface area contributed by atoms with Gasteiger partial charge in [-0.05, 0) is 42.3 Å². The molecule has 0 saturated carbocycles. The summed E-state index contributed by atoms with van der Waals surface area (Å²) in [4.78, 5) is 15.8. The maximum atomic E-state index is 11.8. The van der Waals surface area contributed by atoms with Gasteiger partial charge < -0.3 is 24.5 Å². The lowest BCUT2D eigenvalue weighted by Gasteiger charge is -2.11. The van der Waals surface area contributed by atoms with Crippen molar-refractivity contribution in [2.75, 3.05) is 19.5 Å². The lowest BCUT2D eigenvalue weighted by atomic mass is 10.2. The monoisotopic (exact) mass is 419 g/mol. The fourth-order valence-corrected chi connectivity index (χ4v) is 3.05. The fraction of sp³-hybridized carbons (Fsp3) is 0.182. The molecule has 0 radical (unpaired) electrons. The van der Waals surface area contributed by atoms with Crippen molar-refractivity contribution in [1.82, 2.24) is 20.5 Å². The van der Waals surface area contributed by atoms with Crippen LogP contribution in [0.15, 0.2) is 53.3 Å². The Morgan fingerprint density at radius 3 is 2.84 bits per heavy atom. The highest BCUT2D eigenvalue weighted by Gasteiger charge is 2.15. The van der Waals surface area contributed by atoms with Crippen LogP contribution < -0.4 is 20.1 Å². The van der Waals surface area contributed by atoms with Crippen molar-refractivity contribution >= 4 is 28.4 Å². The van der Waals surface area contributed by atoms with Gasteiger partial charge in [0.1, 0.15) is 18.1 Å². The maximum Gasteiger partial charge on any atom is 0.278 e. The molecule has 3 heterocycles. The van der Waals surface area contributed by atoms with E-state index in [-0.39, 0.29) is 18.4 Å². The lowest BCUT2D eigenvalue weighted by Crippen LogP contribution is -2.19. The molecule has 0 bridgehead atoms. The summed E-state index contributed by atoms with van der Waals surface area (Å²) in [6.45, 7) is 2.15. The van der Waals surface area contributed by atoms with Gasteiger partial charge in [-0.25, -0.2) is 0 Å². The number of methoxy groups -OCH3 is 1. The second kappa shape index (κ2) is 8.70. The van der Waals surface area contributed by atoms with E-state index in [0.717, 1.165) is 28.0 Å². The number of pyridine rings is 1. The van der Waals surface area contributed by atoms with Gasteiger partial charge in [0.05, 0.1) is 18.8 Å². The number of anilines is 2. The van der Waals surface area contributed by atoms with E-state index >= 15 is 0 Å². The van der Waals surface area contributed by atoms with Gasteiger partial charge in [0.15, 0.2) is 5.82 Å². The predicted molar refractivity (Wildman–Crippen MR) is 115 cm³/mol. The number of nitrogens with zero attached hydrogens (tertiary/aromatic N) is 3. The summed E-state index contributed by atoms with van der Waals surface area (Å²) in [5.41, 5.74) is 3.39. The van der Waals surface area contributed by atoms with Gasteiger partial charge in [-0.15, -0.1) is 10.2 Å². The molecule has 0 aliphatic rings. The minimum absolute atomic E-state index is 0.179. The van der Waals surface area contributed by atoms with Crippen LogP contribution in [-0.4, -0.2) is 35.2 Å². The first-order valence-electron chi connectivity index (χ1n) is 9.54. The first kappa shape index (κ1) is 20.1. The number of hydrogen-bond acceptors (Lipinski definition) is 8. The van der Waals surface area contributed by atoms with Crippen LogP contribution in [0.2, 0.25) is 0 Å². The molecule has 0 saturated heterocycles. The van der Waals surface area contributed by atoms with Crippen molar-refractivity contribution in [2.45, 2.75) is 13.5 Å². The number of amides is 1. The number of benzene rings is 1. The zero-order valence-corrected chi connectivity index (χ0v) is 17.3. The molecule has 9 heteroatoms. The average Bonchev–Trinajstić information content (AvgIpc) is 3.30. The van der Waals surface area contributed by atoms with Crippen LogP contribution >= 0.6 is 0 Å². The highest BCUT2D eigenvalue weighted by atomic mass is 16.5. The van der Waals surface area contributed by atoms with E-state index in [1.807, 2.05) is 25.1 Å². The van der Waals surface area contributed by atoms with Crippen molar-refractivity contribution < 1.29 is 18.7 Å². The number of nitrogens with one attached hydrogen (secondary N) is 2. The summed E-state index contributed by atoms with van der Waals surface area (Å²) in [7, 11) is 3.19. The van der Waals surface area contributed by atoms with E-state index < -0.39 is 0 Å². The number of fused-ring (bicyclic) bond motifs is 1. The standard InChI is InChI=1S/C22H21N5O4/c1-13-4-5-15(11-18(13)29-3)25-20-16-7-9-30-19(16)22(27-26-20)31-12-14-6-8-24-17(10-14)21(28)23-2/h4-11H,12H2,1-3H3,(H,23,28)(H,25,26). The second-order valence-corrected chi connectivity index (χ2v) is 6.74. The summed E-state index contributed by atoms with van der Waals surface area (Å²) >= 11 is 0. The quantitative estimate of drug-likeness (QED) is 0.467. The van der Waals surface area contributed by atoms with E-state index in [1.54, 1.807) is 44.8 Å². The molecule has 1 aromatic carbocycles. The van der Waals surface area contributed by atoms with Gasteiger partial charge >= 0.3 is 0 Å². The van der Waals surface area contributed by atoms with Crippen LogP contribution in [0.1, 0.15) is 21.6 Å². The Morgan fingerprint density at radius 1 is 1.16 bits per heavy atom. The smallest absolute Gasteiger partial charge is 0.278 e. The Balaban J connectivity index is 1.55. The first-order valence-corrected chi connectivity index (χ1v) is 9.54. The molecule has 2 N–H and O–H groups in total. The molecule has 9 nitrogen and oxygen atoms in total. The Kier molecular flexibility index (Phi) is 5.65. The van der Waals surface area contributed by atoms with Crippen LogP contribution in [0.4, 0.5) is 11.5 Å². The van der Waals surface area contributed by atoms with Gasteiger partial charge in [-0.2, -0.15) is 0 Å². The molecule has 4 aromatic rings. The molecule has 0 spiro atoms. The minimum atomic E-state index is -0.266. The molecule has 0 aliphatic carbocycles. The number of carbonyl (C=O) groups is 1. The number of aromatic nitrogens is 3. The summed E-state index contributed by atoms with van der Waals surface area (Å²) in [5, 5.41) is 14.9. The number of hydrogen-bond donors (Lipinski definition) is 2. The fourth-order valence-electron chi connectivity index (χ4n) is 3.05. The third kappa shape index (κ3) is 4.25. The van der Waals surface area contributed by atoms with E-state index in [2.05, 4.69) is 25.8 Å². The van der Waals surface area contributed by atoms with Crippen molar-refractivity contribution in [3.8, 4) is 11.6 Å². The zero-order valence-electron chi connectivity index (χ0n) is 17.3. The molecular weight excluding hydrogens is 398 g/mol. The second-order valence-electron chi connectivity index (χ2n) is 6.74. The molecule has 3 aromatic heterocycles. The Labute approximate surface area is 178 Å². The van der Waals surface area contributed by atoms with Crippen molar-refractivity contribution in [1.29, 1.82) is 0 Å². The molecule has 0 fully saturated rings. The normalized spacial score (nSPS) is 10.7. The zero-order chi connectivity index (χ0) is 21.8. The topological polar surface area (TPSA) is 111 Å². The van der Waals surface area contributed by atoms with E-state index in [9.17, 15) is 4.79 Å². The number of rotatable bonds is 7. The Bertz CT molecular complexity index is 1240. The molecule has 31 heavy (non-hydrogen) atoms. The minimum Gasteiger partial charge on any atom is -0.496 e. The van der Waals surface area contributed by atoms with Gasteiger partial charge in [-0.3, -0.25) is 9.78 Å². The highest BCUT2D eigenvalue weighted by Crippen LogP contribution is 2.32. The van der Waals surface area contributed by atoms with Gasteiger partial charge in [0.25, 0.3) is 11.8 Å². The summed E-state index contributed by atoms with van der Waals surface area (Å²) < 4.78 is 16.8. The highest BCUT2D eigenvalue weighted by molar-refractivity contribution is 5.93. The predicted octanol–water partition coefficient (Wildman–Crippen LogP) is 3.62. The molecule has 1 amide bonds. The summed E-state index contributed by atoms with van der Waals surface area (Å²) in [5.74, 6) is 1.30. The Morgan fingerprint density at radius 2 is 2.03 bits per heavy atom. The molecular formula is C22H21N5O4. The molecule has 0 atom stereocenters. The van der Waals surface area contributed by atoms with Crippen LogP contribution in [-0.2, 0) is 6.61 Å². The van der Waals surface area contributed by atoms with Crippen LogP contribution in [0.5, 0.6) is 11.6 Å². The number of carbonyl (C=O) groups excluding carboxylic acids is 1. The van der Waals surface area contributed by atoms with Crippen molar-refractivity contribution in [3.05, 3.63) is 65.7 Å². The van der Waals surface area contributed by atoms with Crippen molar-refractivity contribution in [2.24, 2.45) is 0 Å². The van der Waals surface area contributed by atoms with Gasteiger partial charge in [0, 0.05) is 25.0 Å². The largest absolute Gasteiger partial charge is 0.496 e. The molecule has 158 valence electrons. The Hall–Kier alpha value is -4.14. The number of ether oxygens (including phenoxy) is 2. The first-order chi connectivity index (χ1) is 15.1. The summed E-state index contributed by atoms with van der Waals surface area (Å²) in [6, 6.07) is 11.0. The van der Waals surface area contributed by atoms with E-state index in [4.69, 9.17) is 13.9 Å². The van der Waals surface area contributed by atoms with Gasteiger partial charge in [-0.1, -0.05) is 6.07 Å². The van der Waals surface area contributed by atoms with E-state index in [0.29, 0.717) is 17.1 Å². The van der Waals surface area contributed by atoms with Crippen LogP contribution in [0, 0.1) is 6.92 Å². The third-order valence-corrected chi connectivity index (χ3v) is 4.69. The molecule has 0 unspecified atom stereocenters. The number of aryl methyl sites for hydroxylation is 1. The summed E-state index contributed by atoms with van der Waals surface area (Å²) in [6.07, 6.45) is 3.11. The molecule has 4 rings (SSSR count). The van der Waals surface area contributed by atoms with Crippen LogP contribution in [0.25, 0.3) is 11.0 Å². The number of furan rings is 1. The molecule has 0 aliphatic heterocycles. The maximum absolute atomic E-state index is 11.8.